The van der Waals surface area contributed by atoms with Crippen molar-refractivity contribution in [2.45, 2.75) is 25.0 Å². The van der Waals surface area contributed by atoms with Crippen molar-refractivity contribution in [1.82, 2.24) is 5.32 Å². The summed E-state index contributed by atoms with van der Waals surface area (Å²) in [7, 11) is 0. The van der Waals surface area contributed by atoms with E-state index < -0.39 is 0 Å². The van der Waals surface area contributed by atoms with Crippen molar-refractivity contribution in [3.8, 4) is 0 Å². The van der Waals surface area contributed by atoms with Crippen molar-refractivity contribution >= 4 is 0 Å². The topological polar surface area (TPSA) is 39.7 Å². The summed E-state index contributed by atoms with van der Waals surface area (Å²) in [6, 6.07) is 0. The number of hydrogen-bond acceptors (Lipinski definition) is 4. The fourth-order valence-corrected chi connectivity index (χ4v) is 1.83. The first-order valence-electron chi connectivity index (χ1n) is 5.47. The van der Waals surface area contributed by atoms with Crippen molar-refractivity contribution < 1.29 is 14.2 Å². The number of rotatable bonds is 4. The lowest BCUT2D eigenvalue weighted by molar-refractivity contribution is -0.0532. The molecule has 2 unspecified atom stereocenters. The van der Waals surface area contributed by atoms with Gasteiger partial charge in [-0.2, -0.15) is 0 Å². The highest BCUT2D eigenvalue weighted by Gasteiger charge is 2.17. The third kappa shape index (κ3) is 3.20. The first-order valence-corrected chi connectivity index (χ1v) is 5.47. The van der Waals surface area contributed by atoms with Crippen LogP contribution >= 0.6 is 0 Å². The average Bonchev–Trinajstić information content (AvgIpc) is 2.72. The number of morpholine rings is 1. The average molecular weight is 201 g/mol. The van der Waals surface area contributed by atoms with Crippen LogP contribution in [0.2, 0.25) is 0 Å². The molecule has 0 aliphatic carbocycles. The molecule has 2 rings (SSSR count). The SMILES string of the molecule is C1COC(COCC2CNCCO2)C1. The van der Waals surface area contributed by atoms with Crippen molar-refractivity contribution in [2.24, 2.45) is 0 Å². The third-order valence-corrected chi connectivity index (χ3v) is 2.64. The van der Waals surface area contributed by atoms with Crippen LogP contribution in [-0.2, 0) is 14.2 Å². The Bertz CT molecular complexity index is 153. The summed E-state index contributed by atoms with van der Waals surface area (Å²) in [5.74, 6) is 0. The maximum atomic E-state index is 5.57. The van der Waals surface area contributed by atoms with Crippen molar-refractivity contribution in [2.75, 3.05) is 39.5 Å². The Morgan fingerprint density at radius 2 is 2.00 bits per heavy atom. The molecule has 82 valence electrons. The van der Waals surface area contributed by atoms with Crippen LogP contribution in [0.3, 0.4) is 0 Å². The molecule has 2 aliphatic rings. The van der Waals surface area contributed by atoms with E-state index >= 15 is 0 Å². The van der Waals surface area contributed by atoms with Gasteiger partial charge in [-0.15, -0.1) is 0 Å². The normalized spacial score (nSPS) is 33.4. The Labute approximate surface area is 84.9 Å². The molecule has 0 aromatic carbocycles. The maximum Gasteiger partial charge on any atom is 0.0933 e. The van der Waals surface area contributed by atoms with E-state index in [1.54, 1.807) is 0 Å². The highest BCUT2D eigenvalue weighted by Crippen LogP contribution is 2.12. The Morgan fingerprint density at radius 1 is 1.14 bits per heavy atom. The van der Waals surface area contributed by atoms with Gasteiger partial charge < -0.3 is 19.5 Å². The molecule has 2 saturated heterocycles. The summed E-state index contributed by atoms with van der Waals surface area (Å²) in [6.45, 7) is 4.98. The van der Waals surface area contributed by atoms with Crippen molar-refractivity contribution in [3.05, 3.63) is 0 Å². The molecule has 2 fully saturated rings. The van der Waals surface area contributed by atoms with Gasteiger partial charge in [-0.1, -0.05) is 0 Å². The van der Waals surface area contributed by atoms with E-state index in [4.69, 9.17) is 14.2 Å². The van der Waals surface area contributed by atoms with Gasteiger partial charge >= 0.3 is 0 Å². The van der Waals surface area contributed by atoms with E-state index in [1.807, 2.05) is 0 Å². The van der Waals surface area contributed by atoms with Gasteiger partial charge in [-0.3, -0.25) is 0 Å². The molecule has 4 nitrogen and oxygen atoms in total. The monoisotopic (exact) mass is 201 g/mol. The lowest BCUT2D eigenvalue weighted by Gasteiger charge is -2.23. The van der Waals surface area contributed by atoms with E-state index in [1.165, 1.54) is 6.42 Å². The molecule has 2 atom stereocenters. The van der Waals surface area contributed by atoms with Crippen LogP contribution in [0.15, 0.2) is 0 Å². The molecule has 0 spiro atoms. The van der Waals surface area contributed by atoms with Crippen LogP contribution in [0.1, 0.15) is 12.8 Å². The number of hydrogen-bond donors (Lipinski definition) is 1. The van der Waals surface area contributed by atoms with E-state index in [2.05, 4.69) is 5.32 Å². The molecule has 0 aromatic heterocycles. The fraction of sp³-hybridized carbons (Fsp3) is 1.00. The van der Waals surface area contributed by atoms with Gasteiger partial charge in [0.25, 0.3) is 0 Å². The van der Waals surface area contributed by atoms with Crippen LogP contribution in [0.4, 0.5) is 0 Å². The van der Waals surface area contributed by atoms with E-state index in [0.29, 0.717) is 12.7 Å². The van der Waals surface area contributed by atoms with Gasteiger partial charge in [0.2, 0.25) is 0 Å². The summed E-state index contributed by atoms with van der Waals surface area (Å²) < 4.78 is 16.5. The van der Waals surface area contributed by atoms with Gasteiger partial charge in [-0.05, 0) is 12.8 Å². The smallest absolute Gasteiger partial charge is 0.0933 e. The molecule has 0 bridgehead atoms. The molecule has 14 heavy (non-hydrogen) atoms. The van der Waals surface area contributed by atoms with Crippen LogP contribution in [0.5, 0.6) is 0 Å². The molecule has 1 N–H and O–H groups in total. The minimum Gasteiger partial charge on any atom is -0.376 e. The van der Waals surface area contributed by atoms with E-state index in [0.717, 1.165) is 39.3 Å². The largest absolute Gasteiger partial charge is 0.376 e. The summed E-state index contributed by atoms with van der Waals surface area (Å²) >= 11 is 0. The first kappa shape index (κ1) is 10.4. The van der Waals surface area contributed by atoms with Crippen LogP contribution < -0.4 is 5.32 Å². The zero-order valence-corrected chi connectivity index (χ0v) is 8.54. The number of ether oxygens (including phenoxy) is 3. The Kier molecular flexibility index (Phi) is 4.19. The van der Waals surface area contributed by atoms with Gasteiger partial charge in [0.05, 0.1) is 32.0 Å². The third-order valence-electron chi connectivity index (χ3n) is 2.64. The summed E-state index contributed by atoms with van der Waals surface area (Å²) in [6.07, 6.45) is 2.87. The molecular formula is C10H19NO3. The predicted octanol–water partition coefficient (Wildman–Crippen LogP) is 0.170. The standard InChI is InChI=1S/C10H19NO3/c1-2-9(13-4-1)7-12-8-10-6-11-3-5-14-10/h9-11H,1-8H2. The van der Waals surface area contributed by atoms with Gasteiger partial charge in [0.1, 0.15) is 0 Å². The minimum absolute atomic E-state index is 0.227. The molecule has 0 radical (unpaired) electrons. The van der Waals surface area contributed by atoms with Crippen molar-refractivity contribution in [3.63, 3.8) is 0 Å². The second kappa shape index (κ2) is 5.66. The second-order valence-electron chi connectivity index (χ2n) is 3.87. The minimum atomic E-state index is 0.227. The van der Waals surface area contributed by atoms with Crippen LogP contribution in [-0.4, -0.2) is 51.7 Å². The van der Waals surface area contributed by atoms with E-state index in [-0.39, 0.29) is 6.10 Å². The molecule has 0 amide bonds. The molecular weight excluding hydrogens is 182 g/mol. The Balaban J connectivity index is 1.52. The first-order chi connectivity index (χ1) is 6.95. The highest BCUT2D eigenvalue weighted by atomic mass is 16.6. The zero-order chi connectivity index (χ0) is 9.64. The Hall–Kier alpha value is -0.160. The summed E-state index contributed by atoms with van der Waals surface area (Å²) in [5.41, 5.74) is 0. The number of nitrogens with one attached hydrogen (secondary N) is 1. The van der Waals surface area contributed by atoms with E-state index in [9.17, 15) is 0 Å². The molecule has 4 heteroatoms. The summed E-state index contributed by atoms with van der Waals surface area (Å²) in [5, 5.41) is 3.28. The van der Waals surface area contributed by atoms with Crippen LogP contribution in [0.25, 0.3) is 0 Å². The zero-order valence-electron chi connectivity index (χ0n) is 8.54. The van der Waals surface area contributed by atoms with Gasteiger partial charge in [0.15, 0.2) is 0 Å². The molecule has 2 heterocycles. The fourth-order valence-electron chi connectivity index (χ4n) is 1.83. The second-order valence-corrected chi connectivity index (χ2v) is 3.87. The lowest BCUT2D eigenvalue weighted by Crippen LogP contribution is -2.41. The quantitative estimate of drug-likeness (QED) is 0.704. The predicted molar refractivity (Wildman–Crippen MR) is 52.4 cm³/mol. The summed E-state index contributed by atoms with van der Waals surface area (Å²) in [4.78, 5) is 0. The highest BCUT2D eigenvalue weighted by molar-refractivity contribution is 4.68. The van der Waals surface area contributed by atoms with Crippen LogP contribution in [0, 0.1) is 0 Å². The Morgan fingerprint density at radius 3 is 2.71 bits per heavy atom. The van der Waals surface area contributed by atoms with Gasteiger partial charge in [0, 0.05) is 19.7 Å². The molecule has 0 saturated carbocycles. The molecule has 0 aromatic rings. The molecule has 2 aliphatic heterocycles. The lowest BCUT2D eigenvalue weighted by atomic mass is 10.2. The van der Waals surface area contributed by atoms with Crippen molar-refractivity contribution in [1.29, 1.82) is 0 Å². The maximum absolute atomic E-state index is 5.57. The van der Waals surface area contributed by atoms with Gasteiger partial charge in [-0.25, -0.2) is 0 Å².